The van der Waals surface area contributed by atoms with Gasteiger partial charge in [0.1, 0.15) is 0 Å². The van der Waals surface area contributed by atoms with Crippen LogP contribution in [0.15, 0.2) is 164 Å². The highest BCUT2D eigenvalue weighted by atomic mass is 15.0. The Morgan fingerprint density at radius 3 is 1.69 bits per heavy atom. The number of aromatic nitrogens is 3. The van der Waals surface area contributed by atoms with Crippen LogP contribution in [-0.4, -0.2) is 14.1 Å². The van der Waals surface area contributed by atoms with Gasteiger partial charge < -0.3 is 9.13 Å². The van der Waals surface area contributed by atoms with Crippen LogP contribution < -0.4 is 0 Å². The minimum Gasteiger partial charge on any atom is -0.309 e. The van der Waals surface area contributed by atoms with Crippen molar-refractivity contribution in [1.29, 1.82) is 0 Å². The van der Waals surface area contributed by atoms with Gasteiger partial charge in [0.05, 0.1) is 27.6 Å². The average molecular weight is 744 g/mol. The number of fused-ring (bicyclic) bond motifs is 10. The lowest BCUT2D eigenvalue weighted by Gasteiger charge is -2.61. The first-order chi connectivity index (χ1) is 28.7. The van der Waals surface area contributed by atoms with Crippen molar-refractivity contribution in [2.24, 2.45) is 23.7 Å². The van der Waals surface area contributed by atoms with Crippen molar-refractivity contribution >= 4 is 54.5 Å². The van der Waals surface area contributed by atoms with E-state index >= 15 is 0 Å². The Morgan fingerprint density at radius 2 is 1.00 bits per heavy atom. The molecule has 5 aliphatic rings. The Bertz CT molecular complexity index is 3350. The van der Waals surface area contributed by atoms with E-state index in [1.807, 2.05) is 12.3 Å². The summed E-state index contributed by atoms with van der Waals surface area (Å²) in [4.78, 5) is 4.58. The van der Waals surface area contributed by atoms with E-state index in [0.29, 0.717) is 0 Å². The molecule has 4 bridgehead atoms. The van der Waals surface area contributed by atoms with Crippen molar-refractivity contribution in [3.63, 3.8) is 0 Å². The van der Waals surface area contributed by atoms with E-state index < -0.39 is 0 Å². The van der Waals surface area contributed by atoms with Crippen LogP contribution in [-0.2, 0) is 5.41 Å². The van der Waals surface area contributed by atoms with Gasteiger partial charge in [-0.05, 0) is 162 Å². The van der Waals surface area contributed by atoms with Gasteiger partial charge in [-0.3, -0.25) is 4.98 Å². The Kier molecular flexibility index (Phi) is 6.19. The van der Waals surface area contributed by atoms with Crippen molar-refractivity contribution < 1.29 is 0 Å². The summed E-state index contributed by atoms with van der Waals surface area (Å²) in [6.07, 6.45) is 8.94. The first-order valence-electron chi connectivity index (χ1n) is 21.4. The normalized spacial score (nSPS) is 22.9. The average Bonchev–Trinajstić information content (AvgIpc) is 3.89. The Balaban J connectivity index is 0.929. The summed E-state index contributed by atoms with van der Waals surface area (Å²) < 4.78 is 4.96. The molecule has 58 heavy (non-hydrogen) atoms. The van der Waals surface area contributed by atoms with Gasteiger partial charge in [-0.15, -0.1) is 0 Å². The van der Waals surface area contributed by atoms with Crippen LogP contribution in [0.3, 0.4) is 0 Å². The highest BCUT2D eigenvalue weighted by molar-refractivity contribution is 6.13. The second kappa shape index (κ2) is 11.4. The zero-order chi connectivity index (χ0) is 37.7. The Morgan fingerprint density at radius 1 is 0.431 bits per heavy atom. The molecular formula is C55H41N3. The largest absolute Gasteiger partial charge is 0.309 e. The molecule has 0 amide bonds. The number of hydrogen-bond acceptors (Lipinski definition) is 1. The molecule has 7 aromatic carbocycles. The van der Waals surface area contributed by atoms with E-state index in [-0.39, 0.29) is 5.41 Å². The van der Waals surface area contributed by atoms with Gasteiger partial charge in [0.15, 0.2) is 0 Å². The van der Waals surface area contributed by atoms with Crippen molar-refractivity contribution in [2.45, 2.75) is 37.5 Å². The van der Waals surface area contributed by atoms with Crippen LogP contribution in [0.4, 0.5) is 0 Å². The standard InChI is InChI=1S/C55H41N3/c1-4-12-48-42(9-1)43-19-17-41(32-49(43)55(48)38-25-33-24-34(27-38)28-39(55)26-33)58-52-14-6-3-11-45(52)47-31-36(16-22-54(47)58)35-15-21-53-46(30-35)44-10-2-5-13-51(44)57(53)40-18-20-50-37(29-40)8-7-23-56-50/h1-23,29-34,38-39H,24-28H2. The summed E-state index contributed by atoms with van der Waals surface area (Å²) in [5.41, 5.74) is 17.2. The van der Waals surface area contributed by atoms with E-state index in [1.54, 1.807) is 11.1 Å². The van der Waals surface area contributed by atoms with E-state index in [2.05, 4.69) is 166 Å². The molecular weight excluding hydrogens is 703 g/mol. The fourth-order valence-electron chi connectivity index (χ4n) is 13.3. The highest BCUT2D eigenvalue weighted by Gasteiger charge is 2.61. The summed E-state index contributed by atoms with van der Waals surface area (Å²) in [6.45, 7) is 0. The van der Waals surface area contributed by atoms with E-state index in [0.717, 1.165) is 40.3 Å². The summed E-state index contributed by atoms with van der Waals surface area (Å²) in [5, 5.41) is 6.27. The Labute approximate surface area is 337 Å². The van der Waals surface area contributed by atoms with Crippen LogP contribution in [0.2, 0.25) is 0 Å². The highest BCUT2D eigenvalue weighted by Crippen LogP contribution is 2.69. The van der Waals surface area contributed by atoms with Crippen molar-refractivity contribution in [3.05, 3.63) is 175 Å². The predicted octanol–water partition coefficient (Wildman–Crippen LogP) is 13.8. The zero-order valence-electron chi connectivity index (χ0n) is 32.3. The molecule has 0 radical (unpaired) electrons. The predicted molar refractivity (Wildman–Crippen MR) is 239 cm³/mol. The molecule has 4 fully saturated rings. The molecule has 3 heteroatoms. The fraction of sp³-hybridized carbons (Fsp3) is 0.182. The number of rotatable bonds is 3. The maximum Gasteiger partial charge on any atom is 0.0703 e. The summed E-state index contributed by atoms with van der Waals surface area (Å²) >= 11 is 0. The quantitative estimate of drug-likeness (QED) is 0.177. The molecule has 0 saturated heterocycles. The van der Waals surface area contributed by atoms with E-state index in [9.17, 15) is 0 Å². The van der Waals surface area contributed by atoms with Crippen molar-refractivity contribution in [3.8, 4) is 33.6 Å². The van der Waals surface area contributed by atoms with Crippen LogP contribution in [0.1, 0.15) is 43.2 Å². The third-order valence-corrected chi connectivity index (χ3v) is 15.3. The number of hydrogen-bond donors (Lipinski definition) is 0. The van der Waals surface area contributed by atoms with Gasteiger partial charge in [0.2, 0.25) is 0 Å². The molecule has 3 aromatic heterocycles. The van der Waals surface area contributed by atoms with Crippen molar-refractivity contribution in [1.82, 2.24) is 14.1 Å². The molecule has 5 aliphatic carbocycles. The molecule has 1 spiro atoms. The second-order valence-electron chi connectivity index (χ2n) is 18.0. The molecule has 15 rings (SSSR count). The third kappa shape index (κ3) is 4.06. The number of pyridine rings is 1. The first-order valence-corrected chi connectivity index (χ1v) is 21.4. The molecule has 0 unspecified atom stereocenters. The number of benzene rings is 7. The van der Waals surface area contributed by atoms with Crippen LogP contribution in [0.5, 0.6) is 0 Å². The molecule has 3 heterocycles. The summed E-state index contributed by atoms with van der Waals surface area (Å²) in [7, 11) is 0. The fourth-order valence-corrected chi connectivity index (χ4v) is 13.3. The topological polar surface area (TPSA) is 22.8 Å². The summed E-state index contributed by atoms with van der Waals surface area (Å²) in [5.74, 6) is 3.36. The van der Waals surface area contributed by atoms with Crippen LogP contribution in [0.25, 0.3) is 88.1 Å². The SMILES string of the molecule is c1ccc2c(c1)-c1ccc(-n3c4ccccc4c4cc(-c5ccc6c(c5)c5ccccc5n6-c5ccc6ncccc6c5)ccc43)cc1C21C2CC3CC(C2)CC1C3. The minimum absolute atomic E-state index is 0.147. The number of nitrogens with zero attached hydrogens (tertiary/aromatic N) is 3. The number of para-hydroxylation sites is 2. The summed E-state index contributed by atoms with van der Waals surface area (Å²) in [6, 6.07) is 59.8. The molecule has 276 valence electrons. The van der Waals surface area contributed by atoms with Gasteiger partial charge in [-0.25, -0.2) is 0 Å². The molecule has 10 aromatic rings. The lowest BCUT2D eigenvalue weighted by atomic mass is 9.43. The lowest BCUT2D eigenvalue weighted by molar-refractivity contribution is -0.0399. The van der Waals surface area contributed by atoms with Crippen molar-refractivity contribution in [2.75, 3.05) is 0 Å². The molecule has 0 atom stereocenters. The maximum absolute atomic E-state index is 4.58. The Hall–Kier alpha value is -6.45. The van der Waals surface area contributed by atoms with Gasteiger partial charge >= 0.3 is 0 Å². The maximum atomic E-state index is 4.58. The monoisotopic (exact) mass is 743 g/mol. The molecule has 3 nitrogen and oxygen atoms in total. The van der Waals surface area contributed by atoms with E-state index in [4.69, 9.17) is 0 Å². The first kappa shape index (κ1) is 31.6. The molecule has 0 aliphatic heterocycles. The van der Waals surface area contributed by atoms with Gasteiger partial charge in [-0.2, -0.15) is 0 Å². The second-order valence-corrected chi connectivity index (χ2v) is 18.0. The lowest BCUT2D eigenvalue weighted by Crippen LogP contribution is -2.55. The molecule has 4 saturated carbocycles. The van der Waals surface area contributed by atoms with Crippen LogP contribution in [0, 0.1) is 23.7 Å². The third-order valence-electron chi connectivity index (χ3n) is 15.3. The van der Waals surface area contributed by atoms with Crippen LogP contribution >= 0.6 is 0 Å². The van der Waals surface area contributed by atoms with Gasteiger partial charge in [-0.1, -0.05) is 84.9 Å². The smallest absolute Gasteiger partial charge is 0.0703 e. The van der Waals surface area contributed by atoms with Gasteiger partial charge in [0.25, 0.3) is 0 Å². The zero-order valence-corrected chi connectivity index (χ0v) is 32.3. The van der Waals surface area contributed by atoms with Gasteiger partial charge in [0, 0.05) is 49.9 Å². The van der Waals surface area contributed by atoms with E-state index in [1.165, 1.54) is 104 Å². The minimum atomic E-state index is 0.147. The molecule has 0 N–H and O–H groups in total.